The lowest BCUT2D eigenvalue weighted by Crippen LogP contribution is -2.03. The van der Waals surface area contributed by atoms with Gasteiger partial charge in [0.05, 0.1) is 10.6 Å². The largest absolute Gasteiger partial charge is 0.302 e. The summed E-state index contributed by atoms with van der Waals surface area (Å²) in [6, 6.07) is 11.2. The lowest BCUT2D eigenvalue weighted by Gasteiger charge is -2.07. The van der Waals surface area contributed by atoms with Gasteiger partial charge < -0.3 is 4.57 Å². The highest BCUT2D eigenvalue weighted by Gasteiger charge is 2.15. The Balaban J connectivity index is 1.78. The van der Waals surface area contributed by atoms with Gasteiger partial charge in [0.1, 0.15) is 0 Å². The molecule has 0 spiro atoms. The molecule has 0 amide bonds. The van der Waals surface area contributed by atoms with Gasteiger partial charge in [-0.05, 0) is 42.6 Å². The Bertz CT molecular complexity index is 797. The fraction of sp³-hybridized carbons (Fsp3) is 0.188. The van der Waals surface area contributed by atoms with Crippen molar-refractivity contribution >= 4 is 40.5 Å². The first-order valence-electron chi connectivity index (χ1n) is 7.07. The first kappa shape index (κ1) is 16.2. The smallest absolute Gasteiger partial charge is 0.191 e. The van der Waals surface area contributed by atoms with Gasteiger partial charge >= 0.3 is 0 Å². The van der Waals surface area contributed by atoms with E-state index in [1.807, 2.05) is 53.3 Å². The second kappa shape index (κ2) is 7.29. The Kier molecular flexibility index (Phi) is 5.15. The molecule has 0 bridgehead atoms. The van der Waals surface area contributed by atoms with Crippen LogP contribution >= 0.6 is 34.7 Å². The third-order valence-electron chi connectivity index (χ3n) is 3.26. The summed E-state index contributed by atoms with van der Waals surface area (Å²) >= 11 is 8.81. The van der Waals surface area contributed by atoms with Gasteiger partial charge in [0.25, 0.3) is 0 Å². The molecule has 0 atom stereocenters. The predicted octanol–water partition coefficient (Wildman–Crippen LogP) is 4.65. The normalized spacial score (nSPS) is 10.9. The molecule has 23 heavy (non-hydrogen) atoms. The highest BCUT2D eigenvalue weighted by atomic mass is 35.5. The van der Waals surface area contributed by atoms with Crippen LogP contribution in [0, 0.1) is 0 Å². The van der Waals surface area contributed by atoms with E-state index in [9.17, 15) is 4.79 Å². The van der Waals surface area contributed by atoms with Crippen molar-refractivity contribution in [2.75, 3.05) is 5.75 Å². The summed E-state index contributed by atoms with van der Waals surface area (Å²) in [7, 11) is 0. The number of carbonyl (C=O) groups is 1. The molecule has 0 aliphatic rings. The molecular formula is C16H14ClN3OS2. The second-order valence-corrected chi connectivity index (χ2v) is 7.07. The molecule has 0 fully saturated rings. The van der Waals surface area contributed by atoms with Crippen molar-refractivity contribution in [3.8, 4) is 11.4 Å². The van der Waals surface area contributed by atoms with Crippen LogP contribution in [0.3, 0.4) is 0 Å². The van der Waals surface area contributed by atoms with Crippen LogP contribution < -0.4 is 0 Å². The van der Waals surface area contributed by atoms with E-state index in [-0.39, 0.29) is 5.78 Å². The molecule has 0 radical (unpaired) electrons. The van der Waals surface area contributed by atoms with Crippen molar-refractivity contribution in [2.24, 2.45) is 0 Å². The van der Waals surface area contributed by atoms with Crippen molar-refractivity contribution in [3.63, 3.8) is 0 Å². The van der Waals surface area contributed by atoms with Crippen LogP contribution in [0.4, 0.5) is 0 Å². The average Bonchev–Trinajstić information content (AvgIpc) is 3.22. The molecule has 7 heteroatoms. The number of rotatable bonds is 6. The molecule has 1 aromatic carbocycles. The van der Waals surface area contributed by atoms with Gasteiger partial charge in [0.2, 0.25) is 0 Å². The van der Waals surface area contributed by atoms with Crippen molar-refractivity contribution < 1.29 is 4.79 Å². The zero-order valence-electron chi connectivity index (χ0n) is 12.4. The standard InChI is InChI=1S/C16H14ClN3OS2/c1-2-20-15(11-5-7-12(17)8-6-11)18-19-16(20)23-10-13(21)14-4-3-9-22-14/h3-9H,2,10H2,1H3. The minimum atomic E-state index is 0.115. The number of halogens is 1. The van der Waals surface area contributed by atoms with E-state index in [0.717, 1.165) is 28.0 Å². The first-order valence-corrected chi connectivity index (χ1v) is 9.32. The molecule has 2 heterocycles. The first-order chi connectivity index (χ1) is 11.2. The van der Waals surface area contributed by atoms with E-state index >= 15 is 0 Å². The van der Waals surface area contributed by atoms with Crippen LogP contribution in [0.25, 0.3) is 11.4 Å². The summed E-state index contributed by atoms with van der Waals surface area (Å²) in [6.45, 7) is 2.77. The summed E-state index contributed by atoms with van der Waals surface area (Å²) in [5.74, 6) is 1.26. The summed E-state index contributed by atoms with van der Waals surface area (Å²) in [5.41, 5.74) is 0.959. The molecule has 0 saturated carbocycles. The highest BCUT2D eigenvalue weighted by molar-refractivity contribution is 7.99. The van der Waals surface area contributed by atoms with Crippen LogP contribution in [0.5, 0.6) is 0 Å². The van der Waals surface area contributed by atoms with E-state index in [0.29, 0.717) is 10.8 Å². The molecule has 0 N–H and O–H groups in total. The Morgan fingerprint density at radius 3 is 2.70 bits per heavy atom. The van der Waals surface area contributed by atoms with Gasteiger partial charge in [-0.2, -0.15) is 0 Å². The van der Waals surface area contributed by atoms with Crippen LogP contribution in [0.1, 0.15) is 16.6 Å². The van der Waals surface area contributed by atoms with Crippen LogP contribution in [-0.2, 0) is 6.54 Å². The fourth-order valence-electron chi connectivity index (χ4n) is 2.13. The molecule has 0 saturated heterocycles. The van der Waals surface area contributed by atoms with Gasteiger partial charge in [0, 0.05) is 17.1 Å². The number of hydrogen-bond donors (Lipinski definition) is 0. The van der Waals surface area contributed by atoms with Gasteiger partial charge in [0.15, 0.2) is 16.8 Å². The third kappa shape index (κ3) is 3.65. The van der Waals surface area contributed by atoms with Crippen molar-refractivity contribution in [3.05, 3.63) is 51.7 Å². The highest BCUT2D eigenvalue weighted by Crippen LogP contribution is 2.26. The molecule has 2 aromatic heterocycles. The quantitative estimate of drug-likeness (QED) is 0.472. The summed E-state index contributed by atoms with van der Waals surface area (Å²) < 4.78 is 2.01. The van der Waals surface area contributed by atoms with Gasteiger partial charge in [-0.15, -0.1) is 21.5 Å². The molecule has 0 aliphatic carbocycles. The number of benzene rings is 1. The predicted molar refractivity (Wildman–Crippen MR) is 95.5 cm³/mol. The number of thiophene rings is 1. The zero-order valence-corrected chi connectivity index (χ0v) is 14.8. The fourth-order valence-corrected chi connectivity index (χ4v) is 3.90. The van der Waals surface area contributed by atoms with Crippen molar-refractivity contribution in [1.29, 1.82) is 0 Å². The van der Waals surface area contributed by atoms with Crippen LogP contribution in [0.2, 0.25) is 5.02 Å². The lowest BCUT2D eigenvalue weighted by atomic mass is 10.2. The van der Waals surface area contributed by atoms with Crippen LogP contribution in [-0.4, -0.2) is 26.3 Å². The summed E-state index contributed by atoms with van der Waals surface area (Å²) in [6.07, 6.45) is 0. The van der Waals surface area contributed by atoms with E-state index in [2.05, 4.69) is 10.2 Å². The Morgan fingerprint density at radius 2 is 2.04 bits per heavy atom. The topological polar surface area (TPSA) is 47.8 Å². The SMILES string of the molecule is CCn1c(SCC(=O)c2cccs2)nnc1-c1ccc(Cl)cc1. The summed E-state index contributed by atoms with van der Waals surface area (Å²) in [5, 5.41) is 11.8. The number of Topliss-reactive ketones (excluding diaryl/α,β-unsaturated/α-hetero) is 1. The van der Waals surface area contributed by atoms with Crippen molar-refractivity contribution in [2.45, 2.75) is 18.6 Å². The molecule has 3 rings (SSSR count). The van der Waals surface area contributed by atoms with E-state index < -0.39 is 0 Å². The van der Waals surface area contributed by atoms with E-state index in [1.54, 1.807) is 0 Å². The minimum Gasteiger partial charge on any atom is -0.302 e. The monoisotopic (exact) mass is 363 g/mol. The zero-order chi connectivity index (χ0) is 16.2. The molecule has 118 valence electrons. The maximum Gasteiger partial charge on any atom is 0.191 e. The minimum absolute atomic E-state index is 0.115. The van der Waals surface area contributed by atoms with Gasteiger partial charge in [-0.3, -0.25) is 4.79 Å². The Morgan fingerprint density at radius 1 is 1.26 bits per heavy atom. The number of ketones is 1. The number of thioether (sulfide) groups is 1. The molecule has 3 aromatic rings. The maximum atomic E-state index is 12.1. The van der Waals surface area contributed by atoms with E-state index in [4.69, 9.17) is 11.6 Å². The average molecular weight is 364 g/mol. The summed E-state index contributed by atoms with van der Waals surface area (Å²) in [4.78, 5) is 12.9. The van der Waals surface area contributed by atoms with Crippen LogP contribution in [0.15, 0.2) is 46.9 Å². The van der Waals surface area contributed by atoms with Crippen molar-refractivity contribution in [1.82, 2.24) is 14.8 Å². The molecule has 4 nitrogen and oxygen atoms in total. The molecular weight excluding hydrogens is 350 g/mol. The second-order valence-electron chi connectivity index (χ2n) is 4.75. The maximum absolute atomic E-state index is 12.1. The third-order valence-corrected chi connectivity index (χ3v) is 5.39. The number of nitrogens with zero attached hydrogens (tertiary/aromatic N) is 3. The Labute approximate surface area is 147 Å². The number of aromatic nitrogens is 3. The molecule has 0 aliphatic heterocycles. The van der Waals surface area contributed by atoms with E-state index in [1.165, 1.54) is 23.1 Å². The number of hydrogen-bond acceptors (Lipinski definition) is 5. The van der Waals surface area contributed by atoms with Gasteiger partial charge in [-0.1, -0.05) is 29.4 Å². The Hall–Kier alpha value is -1.63. The number of carbonyl (C=O) groups excluding carboxylic acids is 1. The lowest BCUT2D eigenvalue weighted by molar-refractivity contribution is 0.102. The van der Waals surface area contributed by atoms with Gasteiger partial charge in [-0.25, -0.2) is 0 Å². The molecule has 0 unspecified atom stereocenters.